The van der Waals surface area contributed by atoms with Crippen molar-refractivity contribution in [2.24, 2.45) is 56.6 Å². The molecule has 3 saturated carbocycles. The minimum atomic E-state index is -0.239. The summed E-state index contributed by atoms with van der Waals surface area (Å²) < 4.78 is 11.8. The van der Waals surface area contributed by atoms with Crippen LogP contribution in [0.25, 0.3) is 0 Å². The van der Waals surface area contributed by atoms with Crippen LogP contribution in [0, 0.1) is 46.3 Å². The fraction of sp³-hybridized carbons (Fsp3) is 0.651. The number of fused-ring (bicyclic) bond motifs is 5. The van der Waals surface area contributed by atoms with Crippen molar-refractivity contribution in [3.05, 3.63) is 65.7 Å². The molecule has 0 N–H and O–H groups in total. The van der Waals surface area contributed by atoms with E-state index in [-0.39, 0.29) is 17.5 Å². The van der Waals surface area contributed by atoms with Gasteiger partial charge in [-0.1, -0.05) is 72.5 Å². The lowest BCUT2D eigenvalue weighted by Crippen LogP contribution is -2.51. The van der Waals surface area contributed by atoms with Gasteiger partial charge in [-0.25, -0.2) is 4.79 Å². The molecule has 260 valence electrons. The molecule has 4 aliphatic carbocycles. The van der Waals surface area contributed by atoms with Gasteiger partial charge in [0.2, 0.25) is 0 Å². The molecule has 3 fully saturated rings. The first kappa shape index (κ1) is 34.9. The molecule has 0 bridgehead atoms. The number of azo groups is 1. The summed E-state index contributed by atoms with van der Waals surface area (Å²) in [5, 5.41) is 8.68. The Hall–Kier alpha value is -2.95. The quantitative estimate of drug-likeness (QED) is 0.130. The number of ether oxygens (including phenoxy) is 2. The molecule has 0 amide bonds. The second kappa shape index (κ2) is 14.9. The summed E-state index contributed by atoms with van der Waals surface area (Å²) in [5.74, 6) is 5.61. The molecule has 48 heavy (non-hydrogen) atoms. The predicted molar refractivity (Wildman–Crippen MR) is 195 cm³/mol. The van der Waals surface area contributed by atoms with Gasteiger partial charge in [-0.3, -0.25) is 0 Å². The van der Waals surface area contributed by atoms with E-state index in [2.05, 4.69) is 57.8 Å². The average molecular weight is 653 g/mol. The number of hydrogen-bond donors (Lipinski definition) is 0. The van der Waals surface area contributed by atoms with Crippen LogP contribution >= 0.6 is 0 Å². The van der Waals surface area contributed by atoms with Crippen molar-refractivity contribution in [3.63, 3.8) is 0 Å². The molecule has 2 aromatic rings. The zero-order valence-electron chi connectivity index (χ0n) is 30.5. The van der Waals surface area contributed by atoms with E-state index in [1.165, 1.54) is 51.4 Å². The van der Waals surface area contributed by atoms with Crippen molar-refractivity contribution in [2.45, 2.75) is 125 Å². The molecule has 0 aromatic heterocycles. The van der Waals surface area contributed by atoms with Gasteiger partial charge in [0, 0.05) is 6.42 Å². The van der Waals surface area contributed by atoms with Crippen LogP contribution in [0.1, 0.15) is 129 Å². The third kappa shape index (κ3) is 7.31. The van der Waals surface area contributed by atoms with E-state index in [1.54, 1.807) is 17.7 Å². The van der Waals surface area contributed by atoms with E-state index in [0.717, 1.165) is 72.6 Å². The van der Waals surface area contributed by atoms with Gasteiger partial charge < -0.3 is 9.47 Å². The fourth-order valence-corrected chi connectivity index (χ4v) is 10.6. The Morgan fingerprint density at radius 2 is 1.58 bits per heavy atom. The van der Waals surface area contributed by atoms with Crippen molar-refractivity contribution in [3.8, 4) is 5.75 Å². The van der Waals surface area contributed by atoms with Crippen LogP contribution in [0.4, 0.5) is 11.4 Å². The first-order valence-electron chi connectivity index (χ1n) is 19.3. The lowest BCUT2D eigenvalue weighted by molar-refractivity contribution is -0.0594. The number of nitrogens with zero attached hydrogens (tertiary/aromatic N) is 2. The fourth-order valence-electron chi connectivity index (χ4n) is 10.6. The lowest BCUT2D eigenvalue weighted by Gasteiger charge is -2.58. The summed E-state index contributed by atoms with van der Waals surface area (Å²) in [6.07, 6.45) is 17.5. The summed E-state index contributed by atoms with van der Waals surface area (Å²) in [7, 11) is 0. The van der Waals surface area contributed by atoms with Crippen LogP contribution in [-0.2, 0) is 4.74 Å². The third-order valence-corrected chi connectivity index (χ3v) is 13.2. The number of allylic oxidation sites excluding steroid dienone is 1. The number of esters is 1. The summed E-state index contributed by atoms with van der Waals surface area (Å²) in [5.41, 5.74) is 4.35. The van der Waals surface area contributed by atoms with Crippen LogP contribution in [0.15, 0.2) is 70.4 Å². The molecular weight excluding hydrogens is 592 g/mol. The Labute approximate surface area is 290 Å². The highest BCUT2D eigenvalue weighted by atomic mass is 16.5. The molecule has 5 heteroatoms. The lowest BCUT2D eigenvalue weighted by atomic mass is 9.47. The maximum Gasteiger partial charge on any atom is 0.338 e. The maximum atomic E-state index is 13.2. The van der Waals surface area contributed by atoms with Crippen LogP contribution in [0.5, 0.6) is 5.75 Å². The Kier molecular flexibility index (Phi) is 10.8. The highest BCUT2D eigenvalue weighted by Gasteiger charge is 2.59. The topological polar surface area (TPSA) is 60.2 Å². The van der Waals surface area contributed by atoms with Crippen LogP contribution < -0.4 is 4.74 Å². The van der Waals surface area contributed by atoms with Crippen LogP contribution in [-0.4, -0.2) is 18.7 Å². The van der Waals surface area contributed by atoms with Crippen molar-refractivity contribution in [2.75, 3.05) is 6.61 Å². The van der Waals surface area contributed by atoms with E-state index in [4.69, 9.17) is 9.47 Å². The van der Waals surface area contributed by atoms with E-state index >= 15 is 0 Å². The first-order valence-corrected chi connectivity index (χ1v) is 19.3. The second-order valence-electron chi connectivity index (χ2n) is 16.6. The molecule has 8 atom stereocenters. The van der Waals surface area contributed by atoms with Crippen LogP contribution in [0.3, 0.4) is 0 Å². The minimum Gasteiger partial charge on any atom is -0.494 e. The number of carbonyl (C=O) groups excluding carboxylic acids is 1. The van der Waals surface area contributed by atoms with E-state index in [0.29, 0.717) is 23.3 Å². The predicted octanol–water partition coefficient (Wildman–Crippen LogP) is 12.5. The molecule has 6 rings (SSSR count). The molecule has 2 aromatic carbocycles. The molecule has 0 radical (unpaired) electrons. The third-order valence-electron chi connectivity index (χ3n) is 13.2. The number of benzene rings is 2. The van der Waals surface area contributed by atoms with E-state index < -0.39 is 0 Å². The zero-order chi connectivity index (χ0) is 33.9. The van der Waals surface area contributed by atoms with Gasteiger partial charge in [-0.05, 0) is 146 Å². The molecule has 0 spiro atoms. The Bertz CT molecular complexity index is 1450. The van der Waals surface area contributed by atoms with Gasteiger partial charge in [-0.2, -0.15) is 10.2 Å². The van der Waals surface area contributed by atoms with Gasteiger partial charge in [0.05, 0.1) is 23.5 Å². The van der Waals surface area contributed by atoms with Crippen molar-refractivity contribution in [1.29, 1.82) is 0 Å². The first-order chi connectivity index (χ1) is 23.1. The normalized spacial score (nSPS) is 31.9. The standard InChI is InChI=1S/C43H60N2O3/c1-7-27-47-35-18-16-34(17-19-35)45-44-33-14-11-31(12-15-33)41(46)48-36-23-25-42(5)32(28-36)13-20-37-39-22-21-38(30(4)10-8-9-29(2)3)43(39,6)26-24-40(37)42/h11-19,29-30,36-40H,7-10,20-28H2,1-6H3/t30-,36-,37+,38-,39+,40+,42+,43-/m1/s1. The van der Waals surface area contributed by atoms with Gasteiger partial charge in [-0.15, -0.1) is 0 Å². The van der Waals surface area contributed by atoms with Gasteiger partial charge >= 0.3 is 5.97 Å². The monoisotopic (exact) mass is 652 g/mol. The van der Waals surface area contributed by atoms with Gasteiger partial charge in [0.25, 0.3) is 0 Å². The molecule has 0 unspecified atom stereocenters. The average Bonchev–Trinajstić information content (AvgIpc) is 3.44. The Morgan fingerprint density at radius 3 is 2.27 bits per heavy atom. The van der Waals surface area contributed by atoms with Gasteiger partial charge in [0.1, 0.15) is 11.9 Å². The molecule has 0 saturated heterocycles. The molecule has 5 nitrogen and oxygen atoms in total. The van der Waals surface area contributed by atoms with Crippen molar-refractivity contribution in [1.82, 2.24) is 0 Å². The molecule has 4 aliphatic rings. The minimum absolute atomic E-state index is 0.0478. The van der Waals surface area contributed by atoms with Crippen molar-refractivity contribution < 1.29 is 14.3 Å². The highest BCUT2D eigenvalue weighted by molar-refractivity contribution is 5.89. The Balaban J connectivity index is 1.03. The van der Waals surface area contributed by atoms with Gasteiger partial charge in [0.15, 0.2) is 0 Å². The summed E-state index contributed by atoms with van der Waals surface area (Å²) in [4.78, 5) is 13.2. The number of hydrogen-bond acceptors (Lipinski definition) is 5. The van der Waals surface area contributed by atoms with E-state index in [9.17, 15) is 4.79 Å². The number of rotatable bonds is 12. The molecule has 0 heterocycles. The molecule has 0 aliphatic heterocycles. The molecular formula is C43H60N2O3. The largest absolute Gasteiger partial charge is 0.494 e. The SMILES string of the molecule is CCCOc1ccc(N=Nc2ccc(C(=O)O[C@@H]3CC[C@@]4(C)C(=CC[C@H]5[C@@H]6CC[C@H]([C@H](C)CCCC(C)C)[C@@]6(C)CC[C@@H]54)C3)cc2)cc1. The summed E-state index contributed by atoms with van der Waals surface area (Å²) >= 11 is 0. The smallest absolute Gasteiger partial charge is 0.338 e. The Morgan fingerprint density at radius 1 is 0.875 bits per heavy atom. The maximum absolute atomic E-state index is 13.2. The van der Waals surface area contributed by atoms with E-state index in [1.807, 2.05) is 36.4 Å². The zero-order valence-corrected chi connectivity index (χ0v) is 30.5. The summed E-state index contributed by atoms with van der Waals surface area (Å²) in [6, 6.07) is 14.9. The highest BCUT2D eigenvalue weighted by Crippen LogP contribution is 2.67. The van der Waals surface area contributed by atoms with Crippen LogP contribution in [0.2, 0.25) is 0 Å². The second-order valence-corrected chi connectivity index (χ2v) is 16.6. The number of carbonyl (C=O) groups is 1. The van der Waals surface area contributed by atoms with Crippen molar-refractivity contribution >= 4 is 17.3 Å². The summed E-state index contributed by atoms with van der Waals surface area (Å²) in [6.45, 7) is 15.3.